The summed E-state index contributed by atoms with van der Waals surface area (Å²) in [4.78, 5) is 29.7. The maximum Gasteiger partial charge on any atom is 0.281 e. The van der Waals surface area contributed by atoms with Crippen LogP contribution in [0.1, 0.15) is 34.6 Å². The Morgan fingerprint density at radius 2 is 1.68 bits per heavy atom. The van der Waals surface area contributed by atoms with E-state index in [2.05, 4.69) is 10.1 Å². The van der Waals surface area contributed by atoms with Gasteiger partial charge in [0.25, 0.3) is 5.56 Å². The maximum absolute atomic E-state index is 13.0. The standard InChI is InChI=1S/C21H18N4O4S2/c26-18(14-8-10-15(11-9-14)31(28,29)24-12-4-1-5-13-24)20-23-25-17-7-3-2-6-16(17)19(27)22-21(25)30-20/h2-3,6-11H,1,4-5,12-13H2. The van der Waals surface area contributed by atoms with Gasteiger partial charge in [-0.15, -0.1) is 0 Å². The molecule has 0 unspecified atom stereocenters. The number of carbonyl (C=O) groups excluding carboxylic acids is 1. The lowest BCUT2D eigenvalue weighted by molar-refractivity contribution is 0.103. The van der Waals surface area contributed by atoms with Crippen molar-refractivity contribution in [2.75, 3.05) is 13.1 Å². The summed E-state index contributed by atoms with van der Waals surface area (Å²) in [7, 11) is -3.56. The Labute approximate surface area is 181 Å². The molecule has 8 nitrogen and oxygen atoms in total. The Bertz CT molecular complexity index is 1470. The summed E-state index contributed by atoms with van der Waals surface area (Å²) < 4.78 is 28.6. The number of carbonyl (C=O) groups is 1. The number of nitrogens with zero attached hydrogens (tertiary/aromatic N) is 4. The Balaban J connectivity index is 1.48. The van der Waals surface area contributed by atoms with E-state index in [-0.39, 0.29) is 21.2 Å². The van der Waals surface area contributed by atoms with Gasteiger partial charge in [0, 0.05) is 18.7 Å². The highest BCUT2D eigenvalue weighted by molar-refractivity contribution is 7.89. The zero-order valence-electron chi connectivity index (χ0n) is 16.4. The second-order valence-electron chi connectivity index (χ2n) is 7.35. The van der Waals surface area contributed by atoms with Gasteiger partial charge in [-0.25, -0.2) is 12.9 Å². The molecule has 0 spiro atoms. The molecule has 1 aliphatic heterocycles. The van der Waals surface area contributed by atoms with Gasteiger partial charge < -0.3 is 0 Å². The van der Waals surface area contributed by atoms with E-state index in [9.17, 15) is 18.0 Å². The van der Waals surface area contributed by atoms with E-state index in [0.29, 0.717) is 34.5 Å². The summed E-state index contributed by atoms with van der Waals surface area (Å²) in [6.07, 6.45) is 2.76. The molecule has 0 bridgehead atoms. The highest BCUT2D eigenvalue weighted by atomic mass is 32.2. The van der Waals surface area contributed by atoms with Crippen molar-refractivity contribution < 1.29 is 13.2 Å². The fourth-order valence-electron chi connectivity index (χ4n) is 3.74. The molecule has 3 heterocycles. The van der Waals surface area contributed by atoms with Gasteiger partial charge in [0.05, 0.1) is 15.8 Å². The van der Waals surface area contributed by atoms with E-state index in [4.69, 9.17) is 0 Å². The summed E-state index contributed by atoms with van der Waals surface area (Å²) in [5.74, 6) is -0.353. The van der Waals surface area contributed by atoms with Crippen LogP contribution in [0.4, 0.5) is 0 Å². The van der Waals surface area contributed by atoms with Crippen LogP contribution in [0.3, 0.4) is 0 Å². The molecule has 5 rings (SSSR count). The van der Waals surface area contributed by atoms with Crippen molar-refractivity contribution in [3.63, 3.8) is 0 Å². The zero-order chi connectivity index (χ0) is 21.6. The number of piperidine rings is 1. The number of ketones is 1. The van der Waals surface area contributed by atoms with E-state index < -0.39 is 10.0 Å². The molecule has 2 aromatic heterocycles. The third-order valence-corrected chi connectivity index (χ3v) is 8.20. The van der Waals surface area contributed by atoms with Gasteiger partial charge in [-0.1, -0.05) is 29.9 Å². The third kappa shape index (κ3) is 3.46. The van der Waals surface area contributed by atoms with Gasteiger partial charge in [0.15, 0.2) is 5.01 Å². The van der Waals surface area contributed by atoms with Crippen molar-refractivity contribution in [2.24, 2.45) is 0 Å². The second-order valence-corrected chi connectivity index (χ2v) is 10.2. The van der Waals surface area contributed by atoms with Crippen LogP contribution in [0, 0.1) is 0 Å². The molecule has 31 heavy (non-hydrogen) atoms. The third-order valence-electron chi connectivity index (χ3n) is 5.38. The first-order valence-corrected chi connectivity index (χ1v) is 12.1. The SMILES string of the molecule is O=C(c1ccc(S(=O)(=O)N2CCCCC2)cc1)c1nn2c(nc(=O)c3ccccc32)s1. The fraction of sp³-hybridized carbons (Fsp3) is 0.238. The molecule has 0 radical (unpaired) electrons. The van der Waals surface area contributed by atoms with E-state index in [1.807, 2.05) is 0 Å². The van der Waals surface area contributed by atoms with Gasteiger partial charge in [0.1, 0.15) is 0 Å². The van der Waals surface area contributed by atoms with Crippen LogP contribution in [0.25, 0.3) is 15.9 Å². The topological polar surface area (TPSA) is 102 Å². The molecule has 4 aromatic rings. The average Bonchev–Trinajstić information content (AvgIpc) is 3.23. The first kappa shape index (κ1) is 20.0. The second kappa shape index (κ2) is 7.63. The average molecular weight is 455 g/mol. The molecule has 0 atom stereocenters. The number of fused-ring (bicyclic) bond motifs is 3. The van der Waals surface area contributed by atoms with Gasteiger partial charge in [0.2, 0.25) is 20.8 Å². The number of rotatable bonds is 4. The molecule has 1 saturated heterocycles. The van der Waals surface area contributed by atoms with Crippen molar-refractivity contribution in [1.82, 2.24) is 18.9 Å². The lowest BCUT2D eigenvalue weighted by Gasteiger charge is -2.25. The van der Waals surface area contributed by atoms with Crippen LogP contribution in [-0.2, 0) is 10.0 Å². The molecule has 10 heteroatoms. The first-order chi connectivity index (χ1) is 14.9. The minimum Gasteiger partial charge on any atom is -0.286 e. The van der Waals surface area contributed by atoms with Crippen molar-refractivity contribution in [1.29, 1.82) is 0 Å². The number of benzene rings is 2. The Kier molecular flexibility index (Phi) is 4.92. The van der Waals surface area contributed by atoms with Crippen LogP contribution >= 0.6 is 11.3 Å². The Morgan fingerprint density at radius 3 is 2.42 bits per heavy atom. The summed E-state index contributed by atoms with van der Waals surface area (Å²) in [5, 5.41) is 4.96. The van der Waals surface area contributed by atoms with Gasteiger partial charge >= 0.3 is 0 Å². The summed E-state index contributed by atoms with van der Waals surface area (Å²) in [6, 6.07) is 12.9. The lowest BCUT2D eigenvalue weighted by Crippen LogP contribution is -2.35. The van der Waals surface area contributed by atoms with Gasteiger partial charge in [-0.2, -0.15) is 14.4 Å². The molecule has 1 fully saturated rings. The molecule has 0 amide bonds. The number of hydrogen-bond donors (Lipinski definition) is 0. The highest BCUT2D eigenvalue weighted by Crippen LogP contribution is 2.23. The molecule has 0 N–H and O–H groups in total. The number of hydrogen-bond acceptors (Lipinski definition) is 7. The molecular weight excluding hydrogens is 436 g/mol. The molecular formula is C21H18N4O4S2. The fourth-order valence-corrected chi connectivity index (χ4v) is 6.12. The minimum atomic E-state index is -3.56. The Hall–Kier alpha value is -2.95. The van der Waals surface area contributed by atoms with Crippen LogP contribution in [-0.4, -0.2) is 46.2 Å². The van der Waals surface area contributed by atoms with Crippen molar-refractivity contribution in [3.05, 3.63) is 69.5 Å². The highest BCUT2D eigenvalue weighted by Gasteiger charge is 2.26. The van der Waals surface area contributed by atoms with E-state index in [1.54, 1.807) is 24.3 Å². The largest absolute Gasteiger partial charge is 0.286 e. The summed E-state index contributed by atoms with van der Waals surface area (Å²) in [6.45, 7) is 1.04. The van der Waals surface area contributed by atoms with Crippen LogP contribution in [0.15, 0.2) is 58.2 Å². The molecule has 0 saturated carbocycles. The zero-order valence-corrected chi connectivity index (χ0v) is 18.0. The number of sulfonamides is 1. The number of aromatic nitrogens is 3. The molecule has 0 aliphatic carbocycles. The summed E-state index contributed by atoms with van der Waals surface area (Å²) >= 11 is 1.03. The van der Waals surface area contributed by atoms with E-state index in [0.717, 1.165) is 30.6 Å². The van der Waals surface area contributed by atoms with Crippen LogP contribution in [0.5, 0.6) is 0 Å². The Morgan fingerprint density at radius 1 is 0.968 bits per heavy atom. The van der Waals surface area contributed by atoms with Crippen molar-refractivity contribution in [2.45, 2.75) is 24.2 Å². The smallest absolute Gasteiger partial charge is 0.281 e. The number of para-hydroxylation sites is 1. The minimum absolute atomic E-state index is 0.174. The van der Waals surface area contributed by atoms with Crippen LogP contribution in [0.2, 0.25) is 0 Å². The quantitative estimate of drug-likeness (QED) is 0.440. The first-order valence-electron chi connectivity index (χ1n) is 9.89. The monoisotopic (exact) mass is 454 g/mol. The van der Waals surface area contributed by atoms with Crippen LogP contribution < -0.4 is 5.56 Å². The van der Waals surface area contributed by atoms with Crippen molar-refractivity contribution in [3.8, 4) is 0 Å². The van der Waals surface area contributed by atoms with E-state index >= 15 is 0 Å². The molecule has 2 aromatic carbocycles. The molecule has 1 aliphatic rings. The van der Waals surface area contributed by atoms with Gasteiger partial charge in [-0.3, -0.25) is 9.59 Å². The molecule has 158 valence electrons. The van der Waals surface area contributed by atoms with E-state index in [1.165, 1.54) is 33.1 Å². The predicted octanol–water partition coefficient (Wildman–Crippen LogP) is 2.71. The normalized spacial score (nSPS) is 15.5. The summed E-state index contributed by atoms with van der Waals surface area (Å²) in [5.41, 5.74) is 0.533. The maximum atomic E-state index is 13.0. The van der Waals surface area contributed by atoms with Gasteiger partial charge in [-0.05, 0) is 49.2 Å². The predicted molar refractivity (Wildman–Crippen MR) is 117 cm³/mol. The van der Waals surface area contributed by atoms with Crippen molar-refractivity contribution >= 4 is 43.0 Å². The lowest BCUT2D eigenvalue weighted by atomic mass is 10.1.